The second-order valence-corrected chi connectivity index (χ2v) is 7.74. The minimum atomic E-state index is -4.46. The molecule has 0 spiro atoms. The lowest BCUT2D eigenvalue weighted by molar-refractivity contribution is -0.137. The first kappa shape index (κ1) is 19.3. The van der Waals surface area contributed by atoms with Crippen LogP contribution in [-0.2, 0) is 16.0 Å². The van der Waals surface area contributed by atoms with Gasteiger partial charge in [0.05, 0.1) is 16.1 Å². The van der Waals surface area contributed by atoms with E-state index in [0.717, 1.165) is 24.5 Å². The van der Waals surface area contributed by atoms with E-state index in [2.05, 4.69) is 5.32 Å². The molecule has 0 saturated carbocycles. The van der Waals surface area contributed by atoms with Crippen LogP contribution in [0.1, 0.15) is 21.5 Å². The number of hydrogen-bond donors (Lipinski definition) is 1. The number of benzene rings is 2. The Morgan fingerprint density at radius 2 is 1.68 bits per heavy atom. The zero-order valence-electron chi connectivity index (χ0n) is 13.1. The van der Waals surface area contributed by atoms with Crippen LogP contribution in [0.3, 0.4) is 0 Å². The summed E-state index contributed by atoms with van der Waals surface area (Å²) in [6.07, 6.45) is -3.51. The van der Waals surface area contributed by atoms with Gasteiger partial charge in [-0.1, -0.05) is 0 Å². The van der Waals surface area contributed by atoms with Gasteiger partial charge in [-0.3, -0.25) is 4.79 Å². The summed E-state index contributed by atoms with van der Waals surface area (Å²) in [5, 5.41) is 1.96. The number of carbonyl (C=O) groups is 1. The third-order valence-corrected chi connectivity index (χ3v) is 4.77. The van der Waals surface area contributed by atoms with Crippen molar-refractivity contribution in [3.8, 4) is 0 Å². The van der Waals surface area contributed by atoms with E-state index in [4.69, 9.17) is 11.6 Å². The van der Waals surface area contributed by atoms with Crippen LogP contribution >= 0.6 is 11.6 Å². The molecule has 0 bridgehead atoms. The molecule has 0 atom stereocenters. The van der Waals surface area contributed by atoms with Gasteiger partial charge in [-0.25, -0.2) is 8.42 Å². The summed E-state index contributed by atoms with van der Waals surface area (Å²) >= 11 is 5.44. The fraction of sp³-hybridized carbons (Fsp3) is 0.188. The lowest BCUT2D eigenvalue weighted by Gasteiger charge is -2.14. The maximum absolute atomic E-state index is 12.6. The number of hydrogen-bond acceptors (Lipinski definition) is 4. The molecule has 9 heteroatoms. The Morgan fingerprint density at radius 3 is 2.12 bits per heavy atom. The number of alkyl halides is 3. The van der Waals surface area contributed by atoms with E-state index < -0.39 is 26.8 Å². The quantitative estimate of drug-likeness (QED) is 0.777. The number of anilines is 2. The molecule has 0 unspecified atom stereocenters. The van der Waals surface area contributed by atoms with Crippen molar-refractivity contribution in [2.75, 3.05) is 11.6 Å². The van der Waals surface area contributed by atoms with E-state index in [9.17, 15) is 26.4 Å². The Kier molecular flexibility index (Phi) is 5.15. The molecule has 1 N–H and O–H groups in total. The fourth-order valence-electron chi connectivity index (χ4n) is 2.20. The molecule has 0 aromatic heterocycles. The van der Waals surface area contributed by atoms with Gasteiger partial charge in [0.25, 0.3) is 5.24 Å². The van der Waals surface area contributed by atoms with Gasteiger partial charge >= 0.3 is 6.18 Å². The van der Waals surface area contributed by atoms with Crippen LogP contribution in [0.15, 0.2) is 41.3 Å². The first-order valence-electron chi connectivity index (χ1n) is 6.88. The van der Waals surface area contributed by atoms with Crippen LogP contribution in [-0.4, -0.2) is 19.9 Å². The van der Waals surface area contributed by atoms with Crippen molar-refractivity contribution in [2.24, 2.45) is 0 Å². The number of aryl methyl sites for hydroxylation is 1. The fourth-order valence-corrected chi connectivity index (χ4v) is 3.25. The van der Waals surface area contributed by atoms with Crippen LogP contribution in [0.5, 0.6) is 0 Å². The molecule has 0 aliphatic rings. The number of sulfone groups is 1. The largest absolute Gasteiger partial charge is 0.416 e. The number of carbonyl (C=O) groups excluding carboxylic acids is 1. The minimum absolute atomic E-state index is 0.0417. The highest BCUT2D eigenvalue weighted by Crippen LogP contribution is 2.32. The van der Waals surface area contributed by atoms with Gasteiger partial charge in [0, 0.05) is 17.5 Å². The predicted octanol–water partition coefficient (Wildman–Crippen LogP) is 4.54. The molecular formula is C16H13ClF3NO3S. The third kappa shape index (κ3) is 4.52. The molecule has 4 nitrogen and oxygen atoms in total. The van der Waals surface area contributed by atoms with Crippen molar-refractivity contribution in [2.45, 2.75) is 18.0 Å². The molecule has 134 valence electrons. The Bertz CT molecular complexity index is 923. The highest BCUT2D eigenvalue weighted by molar-refractivity contribution is 7.90. The lowest BCUT2D eigenvalue weighted by Crippen LogP contribution is -2.07. The van der Waals surface area contributed by atoms with Gasteiger partial charge < -0.3 is 5.32 Å². The highest BCUT2D eigenvalue weighted by Gasteiger charge is 2.30. The van der Waals surface area contributed by atoms with E-state index >= 15 is 0 Å². The van der Waals surface area contributed by atoms with Crippen molar-refractivity contribution >= 4 is 38.1 Å². The smallest absolute Gasteiger partial charge is 0.354 e. The van der Waals surface area contributed by atoms with E-state index in [-0.39, 0.29) is 21.8 Å². The summed E-state index contributed by atoms with van der Waals surface area (Å²) in [4.78, 5) is 11.2. The SMILES string of the molecule is Cc1cc(Nc2ccc(C(F)(F)F)cc2)c(S(C)(=O)=O)cc1C(=O)Cl. The molecule has 0 heterocycles. The molecule has 25 heavy (non-hydrogen) atoms. The van der Waals surface area contributed by atoms with Crippen molar-refractivity contribution in [3.05, 3.63) is 53.1 Å². The van der Waals surface area contributed by atoms with Crippen molar-refractivity contribution in [3.63, 3.8) is 0 Å². The maximum Gasteiger partial charge on any atom is 0.416 e. The van der Waals surface area contributed by atoms with Crippen LogP contribution in [0, 0.1) is 6.92 Å². The van der Waals surface area contributed by atoms with E-state index in [1.165, 1.54) is 18.2 Å². The van der Waals surface area contributed by atoms with Gasteiger partial charge in [-0.2, -0.15) is 13.2 Å². The second kappa shape index (κ2) is 6.68. The molecule has 2 aromatic carbocycles. The predicted molar refractivity (Wildman–Crippen MR) is 89.2 cm³/mol. The van der Waals surface area contributed by atoms with Crippen molar-refractivity contribution in [1.29, 1.82) is 0 Å². The minimum Gasteiger partial charge on any atom is -0.354 e. The molecule has 2 rings (SSSR count). The second-order valence-electron chi connectivity index (χ2n) is 5.41. The number of rotatable bonds is 4. The van der Waals surface area contributed by atoms with E-state index in [0.29, 0.717) is 5.56 Å². The molecule has 0 saturated heterocycles. The summed E-state index contributed by atoms with van der Waals surface area (Å²) in [5.41, 5.74) is 0.0613. The summed E-state index contributed by atoms with van der Waals surface area (Å²) in [6.45, 7) is 1.57. The Labute approximate surface area is 147 Å². The van der Waals surface area contributed by atoms with Crippen LogP contribution < -0.4 is 5.32 Å². The molecule has 0 aliphatic carbocycles. The summed E-state index contributed by atoms with van der Waals surface area (Å²) < 4.78 is 61.7. The number of halogens is 4. The van der Waals surface area contributed by atoms with Crippen molar-refractivity contribution in [1.82, 2.24) is 0 Å². The zero-order valence-corrected chi connectivity index (χ0v) is 14.7. The topological polar surface area (TPSA) is 63.2 Å². The molecule has 0 fully saturated rings. The summed E-state index contributed by atoms with van der Waals surface area (Å²) in [7, 11) is -3.71. The monoisotopic (exact) mass is 391 g/mol. The average Bonchev–Trinajstić information content (AvgIpc) is 2.45. The molecule has 2 aromatic rings. The average molecular weight is 392 g/mol. The molecule has 0 aliphatic heterocycles. The highest BCUT2D eigenvalue weighted by atomic mass is 35.5. The van der Waals surface area contributed by atoms with Gasteiger partial charge in [0.2, 0.25) is 0 Å². The van der Waals surface area contributed by atoms with Crippen LogP contribution in [0.4, 0.5) is 24.5 Å². The lowest BCUT2D eigenvalue weighted by atomic mass is 10.1. The normalized spacial score (nSPS) is 12.1. The molecule has 0 amide bonds. The van der Waals surface area contributed by atoms with E-state index in [1.54, 1.807) is 6.92 Å². The molecular weight excluding hydrogens is 379 g/mol. The first-order valence-corrected chi connectivity index (χ1v) is 9.15. The summed E-state index contributed by atoms with van der Waals surface area (Å²) in [5.74, 6) is 0. The van der Waals surface area contributed by atoms with Gasteiger partial charge in [-0.05, 0) is 60.5 Å². The van der Waals surface area contributed by atoms with Crippen LogP contribution in [0.25, 0.3) is 0 Å². The third-order valence-electron chi connectivity index (χ3n) is 3.43. The van der Waals surface area contributed by atoms with Crippen LogP contribution in [0.2, 0.25) is 0 Å². The Hall–Kier alpha value is -2.06. The van der Waals surface area contributed by atoms with Gasteiger partial charge in [0.1, 0.15) is 0 Å². The number of nitrogens with one attached hydrogen (secondary N) is 1. The summed E-state index contributed by atoms with van der Waals surface area (Å²) in [6, 6.07) is 6.68. The zero-order chi connectivity index (χ0) is 19.0. The maximum atomic E-state index is 12.6. The van der Waals surface area contributed by atoms with Gasteiger partial charge in [-0.15, -0.1) is 0 Å². The van der Waals surface area contributed by atoms with Crippen molar-refractivity contribution < 1.29 is 26.4 Å². The Morgan fingerprint density at radius 1 is 1.12 bits per heavy atom. The standard InChI is InChI=1S/C16H13ClF3NO3S/c1-9-7-13(14(25(2,23)24)8-12(9)15(17)22)21-11-5-3-10(4-6-11)16(18,19)20/h3-8,21H,1-2H3. The van der Waals surface area contributed by atoms with E-state index in [1.807, 2.05) is 0 Å². The Balaban J connectivity index is 2.49. The van der Waals surface area contributed by atoms with Gasteiger partial charge in [0.15, 0.2) is 9.84 Å². The first-order chi connectivity index (χ1) is 11.4. The molecule has 0 radical (unpaired) electrons.